The van der Waals surface area contributed by atoms with Crippen molar-refractivity contribution in [1.82, 2.24) is 5.43 Å². The lowest BCUT2D eigenvalue weighted by Gasteiger charge is -2.11. The van der Waals surface area contributed by atoms with Gasteiger partial charge in [0.2, 0.25) is 0 Å². The van der Waals surface area contributed by atoms with Crippen molar-refractivity contribution in [2.45, 2.75) is 0 Å². The van der Waals surface area contributed by atoms with Crippen molar-refractivity contribution < 1.29 is 9.47 Å². The van der Waals surface area contributed by atoms with E-state index in [1.165, 1.54) is 0 Å². The fraction of sp³-hybridized carbons (Fsp3) is 0.100. The van der Waals surface area contributed by atoms with Crippen molar-refractivity contribution in [3.63, 3.8) is 0 Å². The number of thiocarbonyl (C=S) groups is 1. The molecule has 3 aromatic carbocycles. The van der Waals surface area contributed by atoms with Crippen LogP contribution in [0.4, 0.5) is 5.69 Å². The first-order chi connectivity index (χ1) is 12.7. The van der Waals surface area contributed by atoms with Gasteiger partial charge in [-0.2, -0.15) is 5.10 Å². The van der Waals surface area contributed by atoms with Gasteiger partial charge in [-0.1, -0.05) is 42.5 Å². The molecule has 6 heteroatoms. The Morgan fingerprint density at radius 2 is 1.65 bits per heavy atom. The van der Waals surface area contributed by atoms with Crippen LogP contribution < -0.4 is 20.2 Å². The summed E-state index contributed by atoms with van der Waals surface area (Å²) in [6.07, 6.45) is 1.71. The third-order valence-corrected chi connectivity index (χ3v) is 4.06. The molecule has 0 aliphatic carbocycles. The van der Waals surface area contributed by atoms with Crippen LogP contribution in [0.1, 0.15) is 5.56 Å². The van der Waals surface area contributed by atoms with Gasteiger partial charge >= 0.3 is 0 Å². The van der Waals surface area contributed by atoms with Crippen molar-refractivity contribution in [1.29, 1.82) is 0 Å². The molecular formula is C20H19N3O2S. The smallest absolute Gasteiger partial charge is 0.191 e. The number of nitrogens with one attached hydrogen (secondary N) is 2. The Bertz CT molecular complexity index is 957. The molecule has 0 radical (unpaired) electrons. The van der Waals surface area contributed by atoms with Gasteiger partial charge in [0.05, 0.1) is 26.1 Å². The predicted octanol–water partition coefficient (Wildman–Crippen LogP) is 4.18. The third-order valence-electron chi connectivity index (χ3n) is 3.87. The number of nitrogens with zero attached hydrogens (tertiary/aromatic N) is 1. The van der Waals surface area contributed by atoms with Crippen LogP contribution in [0.5, 0.6) is 11.5 Å². The molecule has 0 amide bonds. The summed E-state index contributed by atoms with van der Waals surface area (Å²) in [5.74, 6) is 1.45. The van der Waals surface area contributed by atoms with Crippen LogP contribution in [0.3, 0.4) is 0 Å². The fourth-order valence-corrected chi connectivity index (χ4v) is 2.80. The highest BCUT2D eigenvalue weighted by molar-refractivity contribution is 7.80. The zero-order valence-corrected chi connectivity index (χ0v) is 15.3. The Labute approximate surface area is 157 Å². The molecule has 5 nitrogen and oxygen atoms in total. The second-order valence-electron chi connectivity index (χ2n) is 5.43. The minimum atomic E-state index is 0.366. The number of hydrogen-bond acceptors (Lipinski definition) is 4. The minimum Gasteiger partial charge on any atom is -0.496 e. The number of rotatable bonds is 5. The minimum absolute atomic E-state index is 0.366. The van der Waals surface area contributed by atoms with Crippen LogP contribution in [0, 0.1) is 0 Å². The highest BCUT2D eigenvalue weighted by Crippen LogP contribution is 2.26. The summed E-state index contributed by atoms with van der Waals surface area (Å²) in [6, 6.07) is 19.5. The molecular weight excluding hydrogens is 346 g/mol. The number of hydrogen-bond donors (Lipinski definition) is 2. The van der Waals surface area contributed by atoms with Crippen molar-refractivity contribution in [3.8, 4) is 11.5 Å². The number of ether oxygens (including phenoxy) is 2. The second-order valence-corrected chi connectivity index (χ2v) is 5.84. The molecule has 0 aliphatic heterocycles. The van der Waals surface area contributed by atoms with Crippen LogP contribution >= 0.6 is 12.2 Å². The Morgan fingerprint density at radius 3 is 2.46 bits per heavy atom. The number of benzene rings is 3. The second kappa shape index (κ2) is 8.31. The Balaban J connectivity index is 1.76. The lowest BCUT2D eigenvalue weighted by Crippen LogP contribution is -2.24. The van der Waals surface area contributed by atoms with Crippen molar-refractivity contribution in [3.05, 3.63) is 66.2 Å². The monoisotopic (exact) mass is 365 g/mol. The molecule has 3 aromatic rings. The van der Waals surface area contributed by atoms with Gasteiger partial charge in [-0.25, -0.2) is 0 Å². The van der Waals surface area contributed by atoms with Crippen molar-refractivity contribution >= 4 is 40.0 Å². The van der Waals surface area contributed by atoms with Gasteiger partial charge in [-0.3, -0.25) is 5.43 Å². The number of para-hydroxylation sites is 2. The predicted molar refractivity (Wildman–Crippen MR) is 110 cm³/mol. The Hall–Kier alpha value is -3.12. The van der Waals surface area contributed by atoms with Gasteiger partial charge in [0, 0.05) is 5.56 Å². The van der Waals surface area contributed by atoms with E-state index in [0.29, 0.717) is 10.9 Å². The van der Waals surface area contributed by atoms with E-state index >= 15 is 0 Å². The molecule has 0 atom stereocenters. The van der Waals surface area contributed by atoms with Crippen LogP contribution in [0.2, 0.25) is 0 Å². The number of anilines is 1. The molecule has 0 aliphatic rings. The number of fused-ring (bicyclic) bond motifs is 1. The van der Waals surface area contributed by atoms with Crippen LogP contribution in [0.25, 0.3) is 10.8 Å². The average Bonchev–Trinajstić information content (AvgIpc) is 2.68. The van der Waals surface area contributed by atoms with Crippen LogP contribution in [-0.2, 0) is 0 Å². The van der Waals surface area contributed by atoms with E-state index in [-0.39, 0.29) is 0 Å². The average molecular weight is 365 g/mol. The molecule has 0 heterocycles. The van der Waals surface area contributed by atoms with Gasteiger partial charge in [0.25, 0.3) is 0 Å². The highest BCUT2D eigenvalue weighted by atomic mass is 32.1. The largest absolute Gasteiger partial charge is 0.496 e. The molecule has 3 rings (SSSR count). The molecule has 0 unspecified atom stereocenters. The lowest BCUT2D eigenvalue weighted by molar-refractivity contribution is 0.415. The van der Waals surface area contributed by atoms with Gasteiger partial charge in [-0.05, 0) is 41.2 Å². The maximum Gasteiger partial charge on any atom is 0.191 e. The van der Waals surface area contributed by atoms with Crippen molar-refractivity contribution in [2.75, 3.05) is 19.5 Å². The first kappa shape index (κ1) is 17.7. The zero-order chi connectivity index (χ0) is 18.4. The summed E-state index contributed by atoms with van der Waals surface area (Å²) in [5.41, 5.74) is 4.48. The van der Waals surface area contributed by atoms with Crippen molar-refractivity contribution in [2.24, 2.45) is 5.10 Å². The molecule has 0 aromatic heterocycles. The molecule has 0 saturated carbocycles. The topological polar surface area (TPSA) is 54.9 Å². The van der Waals surface area contributed by atoms with Gasteiger partial charge in [0.15, 0.2) is 5.11 Å². The zero-order valence-electron chi connectivity index (χ0n) is 14.5. The molecule has 2 N–H and O–H groups in total. The van der Waals surface area contributed by atoms with E-state index < -0.39 is 0 Å². The summed E-state index contributed by atoms with van der Waals surface area (Å²) < 4.78 is 10.7. The maximum absolute atomic E-state index is 5.45. The third kappa shape index (κ3) is 3.92. The van der Waals surface area contributed by atoms with E-state index in [1.54, 1.807) is 20.4 Å². The van der Waals surface area contributed by atoms with E-state index in [1.807, 2.05) is 60.7 Å². The fourth-order valence-electron chi connectivity index (χ4n) is 2.64. The Kier molecular flexibility index (Phi) is 5.66. The summed E-state index contributed by atoms with van der Waals surface area (Å²) in [5, 5.41) is 9.85. The standard InChI is InChI=1S/C20H19N3O2S/c1-24-18-12-11-14-7-3-4-8-15(14)16(18)13-21-23-20(26)22-17-9-5-6-10-19(17)25-2/h3-13H,1-2H3,(H2,22,23,26)/b21-13-. The molecule has 0 bridgehead atoms. The van der Waals surface area contributed by atoms with E-state index in [0.717, 1.165) is 27.8 Å². The first-order valence-electron chi connectivity index (χ1n) is 8.01. The summed E-state index contributed by atoms with van der Waals surface area (Å²) in [6.45, 7) is 0. The number of methoxy groups -OCH3 is 2. The quantitative estimate of drug-likeness (QED) is 0.404. The van der Waals surface area contributed by atoms with E-state index in [2.05, 4.69) is 15.8 Å². The van der Waals surface area contributed by atoms with Crippen LogP contribution in [-0.4, -0.2) is 25.5 Å². The summed E-state index contributed by atoms with van der Waals surface area (Å²) >= 11 is 5.29. The van der Waals surface area contributed by atoms with Gasteiger partial charge in [-0.15, -0.1) is 0 Å². The van der Waals surface area contributed by atoms with E-state index in [4.69, 9.17) is 21.7 Å². The SMILES string of the molecule is COc1ccccc1NC(=S)N/N=C\c1c(OC)ccc2ccccc12. The normalized spacial score (nSPS) is 10.7. The van der Waals surface area contributed by atoms with Gasteiger partial charge < -0.3 is 14.8 Å². The molecule has 0 spiro atoms. The van der Waals surface area contributed by atoms with E-state index in [9.17, 15) is 0 Å². The lowest BCUT2D eigenvalue weighted by atomic mass is 10.0. The van der Waals surface area contributed by atoms with Crippen LogP contribution in [0.15, 0.2) is 65.8 Å². The summed E-state index contributed by atoms with van der Waals surface area (Å²) in [4.78, 5) is 0. The Morgan fingerprint density at radius 1 is 0.923 bits per heavy atom. The first-order valence-corrected chi connectivity index (χ1v) is 8.42. The highest BCUT2D eigenvalue weighted by Gasteiger charge is 2.06. The van der Waals surface area contributed by atoms with Gasteiger partial charge in [0.1, 0.15) is 11.5 Å². The summed E-state index contributed by atoms with van der Waals surface area (Å²) in [7, 11) is 3.25. The maximum atomic E-state index is 5.45. The molecule has 0 saturated heterocycles. The molecule has 132 valence electrons. The molecule has 0 fully saturated rings. The molecule has 26 heavy (non-hydrogen) atoms. The number of hydrazone groups is 1.